The maximum absolute atomic E-state index is 15.9. The summed E-state index contributed by atoms with van der Waals surface area (Å²) >= 11 is 10.3. The van der Waals surface area contributed by atoms with Gasteiger partial charge in [-0.1, -0.05) is 35.7 Å². The van der Waals surface area contributed by atoms with Crippen LogP contribution in [0.3, 0.4) is 0 Å². The van der Waals surface area contributed by atoms with Crippen LogP contribution in [-0.4, -0.2) is 86.0 Å². The lowest BCUT2D eigenvalue weighted by Crippen LogP contribution is -2.47. The molecule has 0 atom stereocenters. The molecule has 0 amide bonds. The van der Waals surface area contributed by atoms with E-state index in [1.807, 2.05) is 18.2 Å². The molecule has 1 spiro atoms. The number of nitrogens with one attached hydrogen (secondary N) is 2. The predicted molar refractivity (Wildman–Crippen MR) is 236 cm³/mol. The number of thiol groups is 1. The summed E-state index contributed by atoms with van der Waals surface area (Å²) in [5.74, 6) is 5.47. The summed E-state index contributed by atoms with van der Waals surface area (Å²) in [4.78, 5) is 27.9. The van der Waals surface area contributed by atoms with Crippen molar-refractivity contribution in [2.24, 2.45) is 11.3 Å². The fourth-order valence-electron chi connectivity index (χ4n) is 8.18. The molecule has 3 aromatic carbocycles. The maximum Gasteiger partial charge on any atom is 0.293 e. The van der Waals surface area contributed by atoms with Crippen LogP contribution in [0.15, 0.2) is 89.6 Å². The highest BCUT2D eigenvalue weighted by Crippen LogP contribution is 2.55. The Morgan fingerprint density at radius 2 is 1.83 bits per heavy atom. The van der Waals surface area contributed by atoms with E-state index in [9.17, 15) is 10.1 Å². The van der Waals surface area contributed by atoms with E-state index >= 15 is 4.39 Å². The number of H-pyrrole nitrogens is 1. The molecular weight excluding hydrogens is 809 g/mol. The first-order chi connectivity index (χ1) is 29.1. The van der Waals surface area contributed by atoms with Crippen molar-refractivity contribution in [3.8, 4) is 17.2 Å². The smallest absolute Gasteiger partial charge is 0.293 e. The van der Waals surface area contributed by atoms with Gasteiger partial charge in [0.2, 0.25) is 5.75 Å². The number of nitrogens with two attached hydrogens (primary N) is 1. The number of benzene rings is 3. The van der Waals surface area contributed by atoms with Gasteiger partial charge >= 0.3 is 0 Å². The molecule has 0 radical (unpaired) electrons. The van der Waals surface area contributed by atoms with Crippen LogP contribution in [0.4, 0.5) is 21.5 Å². The number of piperazine rings is 1. The second-order valence-corrected chi connectivity index (χ2v) is 16.4. The molecule has 2 aromatic heterocycles. The first kappa shape index (κ1) is 43.2. The number of allylic oxidation sites excluding steroid dienone is 1. The molecule has 1 saturated heterocycles. The molecule has 2 aliphatic carbocycles. The lowest BCUT2D eigenvalue weighted by atomic mass is 9.59. The number of methoxy groups -OCH3 is 1. The number of aromatic nitrogens is 2. The summed E-state index contributed by atoms with van der Waals surface area (Å²) in [6, 6.07) is 20.2. The van der Waals surface area contributed by atoms with Crippen molar-refractivity contribution in [1.82, 2.24) is 14.9 Å². The molecular formula is C44H51ClFN7O6S. The molecule has 1 aliphatic heterocycles. The van der Waals surface area contributed by atoms with Crippen molar-refractivity contribution in [2.45, 2.75) is 43.4 Å². The topological polar surface area (TPSA) is 153 Å². The van der Waals surface area contributed by atoms with Crippen LogP contribution in [0.5, 0.6) is 17.2 Å². The molecule has 3 aliphatic rings. The van der Waals surface area contributed by atoms with Gasteiger partial charge in [0.05, 0.1) is 36.6 Å². The number of nitrogens with zero attached hydrogens (tertiary/aromatic N) is 4. The minimum Gasteiger partial charge on any atom is -0.449 e. The van der Waals surface area contributed by atoms with Gasteiger partial charge in [-0.15, -0.1) is 12.6 Å². The van der Waals surface area contributed by atoms with E-state index in [2.05, 4.69) is 49.8 Å². The third-order valence-electron chi connectivity index (χ3n) is 11.6. The average molecular weight is 860 g/mol. The highest BCUT2D eigenvalue weighted by atomic mass is 35.5. The number of aromatic amines is 1. The van der Waals surface area contributed by atoms with Crippen LogP contribution in [0.2, 0.25) is 5.02 Å². The third-order valence-corrected chi connectivity index (χ3v) is 12.1. The Balaban J connectivity index is 0.000000255. The predicted octanol–water partition coefficient (Wildman–Crippen LogP) is 9.29. The van der Waals surface area contributed by atoms with Gasteiger partial charge in [0, 0.05) is 73.9 Å². The Bertz CT molecular complexity index is 2280. The molecule has 5 aromatic rings. The van der Waals surface area contributed by atoms with E-state index in [-0.39, 0.29) is 17.2 Å². The number of fused-ring (bicyclic) bond motifs is 1. The monoisotopic (exact) mass is 859 g/mol. The van der Waals surface area contributed by atoms with Crippen molar-refractivity contribution in [1.29, 1.82) is 0 Å². The average Bonchev–Trinajstić information content (AvgIpc) is 3.72. The van der Waals surface area contributed by atoms with Crippen LogP contribution >= 0.6 is 24.2 Å². The Kier molecular flexibility index (Phi) is 14.5. The number of nitro benzene ring substituents is 1. The highest BCUT2D eigenvalue weighted by Gasteiger charge is 2.41. The number of anilines is 2. The van der Waals surface area contributed by atoms with E-state index in [4.69, 9.17) is 36.5 Å². The lowest BCUT2D eigenvalue weighted by molar-refractivity contribution is -0.384. The van der Waals surface area contributed by atoms with Crippen molar-refractivity contribution in [2.75, 3.05) is 76.4 Å². The van der Waals surface area contributed by atoms with Gasteiger partial charge in [-0.3, -0.25) is 15.0 Å². The summed E-state index contributed by atoms with van der Waals surface area (Å²) in [7, 11) is 1.60. The molecule has 13 nitrogen and oxygen atoms in total. The zero-order valence-electron chi connectivity index (χ0n) is 33.6. The summed E-state index contributed by atoms with van der Waals surface area (Å²) in [6.07, 6.45) is 11.0. The normalized spacial score (nSPS) is 16.3. The van der Waals surface area contributed by atoms with Crippen molar-refractivity contribution < 1.29 is 28.4 Å². The van der Waals surface area contributed by atoms with Crippen molar-refractivity contribution in [3.63, 3.8) is 0 Å². The first-order valence-corrected chi connectivity index (χ1v) is 21.0. The summed E-state index contributed by atoms with van der Waals surface area (Å²) in [5, 5.41) is 15.4. The number of hydrogen-bond donors (Lipinski definition) is 4. The lowest BCUT2D eigenvalue weighted by Gasteiger charge is -2.47. The Hall–Kier alpha value is -4.90. The van der Waals surface area contributed by atoms with Gasteiger partial charge in [-0.05, 0) is 97.2 Å². The summed E-state index contributed by atoms with van der Waals surface area (Å²) in [6.45, 7) is 6.08. The zero-order chi connectivity index (χ0) is 42.1. The van der Waals surface area contributed by atoms with E-state index in [1.54, 1.807) is 55.4 Å². The molecule has 1 saturated carbocycles. The fourth-order valence-corrected chi connectivity index (χ4v) is 8.51. The van der Waals surface area contributed by atoms with Crippen molar-refractivity contribution in [3.05, 3.63) is 111 Å². The molecule has 60 heavy (non-hydrogen) atoms. The molecule has 4 N–H and O–H groups in total. The Labute approximate surface area is 359 Å². The molecule has 8 rings (SSSR count). The van der Waals surface area contributed by atoms with Gasteiger partial charge in [0.15, 0.2) is 11.6 Å². The minimum absolute atomic E-state index is 0.0133. The van der Waals surface area contributed by atoms with E-state index in [0.29, 0.717) is 66.9 Å². The van der Waals surface area contributed by atoms with E-state index < -0.39 is 10.7 Å². The second kappa shape index (κ2) is 20.1. The van der Waals surface area contributed by atoms with Crippen LogP contribution in [0, 0.1) is 21.3 Å². The fraction of sp³-hybridized carbons (Fsp3) is 0.386. The standard InChI is InChI=1S/C33H35ClFN5O2.C11H16N2O4S/c34-25-4-2-22(3-5-25)27-19-33(10-1-11-33)12-8-24(27)21-39-14-16-40(17-15-39)28-6-7-29(42-36)31(30(28)35)41-26-18-23-9-13-37-32(23)38-20-26;1-16-6-7-17-5-4-12-10-3-2-9(18)8-11(10)13(14)15/h2-7,9,13,18,20H,1,8,10-12,14-17,19,21,36H2,(H,37,38);2-3,8,12,18H,4-7H2,1H3. The number of ether oxygens (including phenoxy) is 3. The quantitative estimate of drug-likeness (QED) is 0.0345. The van der Waals surface area contributed by atoms with Crippen LogP contribution in [0.1, 0.15) is 44.1 Å². The van der Waals surface area contributed by atoms with Crippen LogP contribution < -0.4 is 25.7 Å². The molecule has 0 bridgehead atoms. The number of halogens is 2. The third kappa shape index (κ3) is 10.5. The number of pyridine rings is 1. The van der Waals surface area contributed by atoms with Crippen LogP contribution in [-0.2, 0) is 9.47 Å². The minimum atomic E-state index is -0.494. The zero-order valence-corrected chi connectivity index (χ0v) is 35.3. The second-order valence-electron chi connectivity index (χ2n) is 15.4. The molecule has 3 heterocycles. The Morgan fingerprint density at radius 3 is 2.55 bits per heavy atom. The van der Waals surface area contributed by atoms with Gasteiger partial charge in [0.1, 0.15) is 17.1 Å². The molecule has 16 heteroatoms. The van der Waals surface area contributed by atoms with Gasteiger partial charge in [-0.25, -0.2) is 9.37 Å². The number of hydrogen-bond acceptors (Lipinski definition) is 12. The molecule has 0 unspecified atom stereocenters. The molecule has 2 fully saturated rings. The number of nitro groups is 1. The molecule has 318 valence electrons. The first-order valence-electron chi connectivity index (χ1n) is 20.2. The largest absolute Gasteiger partial charge is 0.449 e. The SMILES string of the molecule is COCCOCCNc1ccc(S)cc1[N+](=O)[O-].NOc1ccc(N2CCN(CC3=C(c4ccc(Cl)cc4)CC4(CCC4)CC3)CC2)c(F)c1Oc1cnc2[nH]ccc2c1. The number of rotatable bonds is 15. The maximum atomic E-state index is 15.9. The van der Waals surface area contributed by atoms with Gasteiger partial charge in [0.25, 0.3) is 5.69 Å². The van der Waals surface area contributed by atoms with Crippen LogP contribution in [0.25, 0.3) is 16.6 Å². The Morgan fingerprint density at radius 1 is 1.03 bits per heavy atom. The summed E-state index contributed by atoms with van der Waals surface area (Å²) in [5.41, 5.74) is 6.55. The van der Waals surface area contributed by atoms with Gasteiger partial charge < -0.3 is 34.2 Å². The highest BCUT2D eigenvalue weighted by molar-refractivity contribution is 7.80. The van der Waals surface area contributed by atoms with E-state index in [0.717, 1.165) is 42.1 Å². The summed E-state index contributed by atoms with van der Waals surface area (Å²) < 4.78 is 32.0. The van der Waals surface area contributed by atoms with E-state index in [1.165, 1.54) is 49.3 Å². The van der Waals surface area contributed by atoms with Gasteiger partial charge in [-0.2, -0.15) is 5.90 Å². The van der Waals surface area contributed by atoms with Crippen molar-refractivity contribution >= 4 is 57.9 Å².